The summed E-state index contributed by atoms with van der Waals surface area (Å²) in [7, 11) is 2.16. The summed E-state index contributed by atoms with van der Waals surface area (Å²) in [6.45, 7) is 2.28. The van der Waals surface area contributed by atoms with Gasteiger partial charge < -0.3 is 5.32 Å². The monoisotopic (exact) mass is 263 g/mol. The van der Waals surface area contributed by atoms with Gasteiger partial charge in [0.2, 0.25) is 0 Å². The van der Waals surface area contributed by atoms with Crippen LogP contribution in [0.2, 0.25) is 0 Å². The minimum absolute atomic E-state index is 0.604. The highest BCUT2D eigenvalue weighted by atomic mass is 32.1. The van der Waals surface area contributed by atoms with E-state index in [9.17, 15) is 0 Å². The van der Waals surface area contributed by atoms with E-state index in [1.807, 2.05) is 11.3 Å². The van der Waals surface area contributed by atoms with Gasteiger partial charge in [-0.25, -0.2) is 0 Å². The molecule has 0 aliphatic heterocycles. The van der Waals surface area contributed by atoms with Crippen molar-refractivity contribution in [2.24, 2.45) is 17.8 Å². The molecule has 18 heavy (non-hydrogen) atoms. The van der Waals surface area contributed by atoms with E-state index in [1.54, 1.807) is 5.56 Å². The molecule has 2 saturated carbocycles. The van der Waals surface area contributed by atoms with Gasteiger partial charge >= 0.3 is 0 Å². The van der Waals surface area contributed by atoms with Crippen LogP contribution in [0.25, 0.3) is 0 Å². The number of rotatable bonds is 5. The highest BCUT2D eigenvalue weighted by Gasteiger charge is 2.41. The molecule has 1 unspecified atom stereocenters. The van der Waals surface area contributed by atoms with Gasteiger partial charge in [0, 0.05) is 10.9 Å². The average molecular weight is 263 g/mol. The van der Waals surface area contributed by atoms with Crippen molar-refractivity contribution in [1.82, 2.24) is 5.32 Å². The standard InChI is InChI=1S/C16H25NS/c1-11-14(9-10-18-11)16(17-2)15(12-5-3-6-12)13-7-4-8-13/h9-10,12-13,15-17H,3-8H2,1-2H3. The van der Waals surface area contributed by atoms with Crippen LogP contribution in [0.5, 0.6) is 0 Å². The van der Waals surface area contributed by atoms with Gasteiger partial charge in [0.15, 0.2) is 0 Å². The first-order valence-corrected chi connectivity index (χ1v) is 8.40. The Kier molecular flexibility index (Phi) is 3.76. The van der Waals surface area contributed by atoms with Crippen molar-refractivity contribution in [3.05, 3.63) is 21.9 Å². The Labute approximate surface area is 115 Å². The number of thiophene rings is 1. The SMILES string of the molecule is CNC(c1ccsc1C)C(C1CCC1)C1CCC1. The summed E-state index contributed by atoms with van der Waals surface area (Å²) in [4.78, 5) is 1.51. The normalized spacial score (nSPS) is 22.8. The van der Waals surface area contributed by atoms with E-state index < -0.39 is 0 Å². The summed E-state index contributed by atoms with van der Waals surface area (Å²) < 4.78 is 0. The van der Waals surface area contributed by atoms with Crippen LogP contribution < -0.4 is 5.32 Å². The second-order valence-corrected chi connectivity index (χ2v) is 7.28. The van der Waals surface area contributed by atoms with Gasteiger partial charge in [0.1, 0.15) is 0 Å². The maximum absolute atomic E-state index is 3.65. The molecule has 0 bridgehead atoms. The van der Waals surface area contributed by atoms with E-state index in [2.05, 4.69) is 30.7 Å². The van der Waals surface area contributed by atoms with Crippen LogP contribution in [0, 0.1) is 24.7 Å². The lowest BCUT2D eigenvalue weighted by atomic mass is 9.61. The van der Waals surface area contributed by atoms with E-state index in [1.165, 1.54) is 43.4 Å². The van der Waals surface area contributed by atoms with Crippen molar-refractivity contribution in [2.45, 2.75) is 51.5 Å². The second-order valence-electron chi connectivity index (χ2n) is 6.16. The highest BCUT2D eigenvalue weighted by molar-refractivity contribution is 7.10. The van der Waals surface area contributed by atoms with Gasteiger partial charge in [-0.3, -0.25) is 0 Å². The zero-order chi connectivity index (χ0) is 12.5. The fourth-order valence-corrected chi connectivity index (χ4v) is 4.60. The third-order valence-electron chi connectivity index (χ3n) is 5.32. The number of hydrogen-bond donors (Lipinski definition) is 1. The van der Waals surface area contributed by atoms with Gasteiger partial charge in [-0.1, -0.05) is 38.5 Å². The molecule has 2 aliphatic rings. The summed E-state index contributed by atoms with van der Waals surface area (Å²) >= 11 is 1.90. The minimum Gasteiger partial charge on any atom is -0.313 e. The predicted octanol–water partition coefficient (Wildman–Crippen LogP) is 4.53. The van der Waals surface area contributed by atoms with Crippen molar-refractivity contribution in [2.75, 3.05) is 7.05 Å². The fraction of sp³-hybridized carbons (Fsp3) is 0.750. The van der Waals surface area contributed by atoms with Crippen LogP contribution in [0.3, 0.4) is 0 Å². The molecule has 2 fully saturated rings. The van der Waals surface area contributed by atoms with Crippen molar-refractivity contribution >= 4 is 11.3 Å². The molecule has 1 aromatic heterocycles. The first-order chi connectivity index (χ1) is 8.81. The van der Waals surface area contributed by atoms with Crippen molar-refractivity contribution < 1.29 is 0 Å². The smallest absolute Gasteiger partial charge is 0.0362 e. The van der Waals surface area contributed by atoms with E-state index >= 15 is 0 Å². The second kappa shape index (κ2) is 5.34. The van der Waals surface area contributed by atoms with Crippen LogP contribution in [-0.4, -0.2) is 7.05 Å². The predicted molar refractivity (Wildman–Crippen MR) is 79.0 cm³/mol. The molecule has 100 valence electrons. The number of hydrogen-bond acceptors (Lipinski definition) is 2. The Hall–Kier alpha value is -0.340. The molecule has 0 saturated heterocycles. The lowest BCUT2D eigenvalue weighted by Crippen LogP contribution is -2.40. The van der Waals surface area contributed by atoms with Crippen molar-refractivity contribution in [1.29, 1.82) is 0 Å². The minimum atomic E-state index is 0.604. The quantitative estimate of drug-likeness (QED) is 0.823. The molecule has 1 N–H and O–H groups in total. The summed E-state index contributed by atoms with van der Waals surface area (Å²) in [6, 6.07) is 2.96. The molecule has 1 nitrogen and oxygen atoms in total. The van der Waals surface area contributed by atoms with Gasteiger partial charge in [0.25, 0.3) is 0 Å². The van der Waals surface area contributed by atoms with Crippen molar-refractivity contribution in [3.8, 4) is 0 Å². The first kappa shape index (κ1) is 12.7. The molecular formula is C16H25NS. The third-order valence-corrected chi connectivity index (χ3v) is 6.18. The Bertz CT molecular complexity index is 376. The zero-order valence-corrected chi connectivity index (χ0v) is 12.4. The Morgan fingerprint density at radius 2 is 1.78 bits per heavy atom. The molecule has 3 rings (SSSR count). The average Bonchev–Trinajstić information content (AvgIpc) is 2.61. The molecule has 0 spiro atoms. The molecule has 1 atom stereocenters. The molecule has 2 aliphatic carbocycles. The van der Waals surface area contributed by atoms with Crippen LogP contribution in [0.4, 0.5) is 0 Å². The summed E-state index contributed by atoms with van der Waals surface area (Å²) in [5.41, 5.74) is 1.58. The Morgan fingerprint density at radius 1 is 1.17 bits per heavy atom. The van der Waals surface area contributed by atoms with Gasteiger partial charge in [-0.05, 0) is 48.7 Å². The van der Waals surface area contributed by atoms with E-state index in [0.717, 1.165) is 17.8 Å². The first-order valence-electron chi connectivity index (χ1n) is 7.52. The third kappa shape index (κ3) is 2.14. The molecule has 0 amide bonds. The molecular weight excluding hydrogens is 238 g/mol. The van der Waals surface area contributed by atoms with Gasteiger partial charge in [-0.15, -0.1) is 11.3 Å². The molecule has 0 aromatic carbocycles. The summed E-state index contributed by atoms with van der Waals surface area (Å²) in [5.74, 6) is 2.88. The number of aryl methyl sites for hydroxylation is 1. The highest BCUT2D eigenvalue weighted by Crippen LogP contribution is 2.50. The van der Waals surface area contributed by atoms with Gasteiger partial charge in [-0.2, -0.15) is 0 Å². The molecule has 1 aromatic rings. The molecule has 2 heteroatoms. The maximum atomic E-state index is 3.65. The zero-order valence-electron chi connectivity index (χ0n) is 11.6. The number of nitrogens with one attached hydrogen (secondary N) is 1. The molecule has 1 heterocycles. The maximum Gasteiger partial charge on any atom is 0.0362 e. The lowest BCUT2D eigenvalue weighted by molar-refractivity contribution is 0.0619. The molecule has 0 radical (unpaired) electrons. The van der Waals surface area contributed by atoms with Crippen LogP contribution in [0.15, 0.2) is 11.4 Å². The fourth-order valence-electron chi connectivity index (χ4n) is 3.85. The van der Waals surface area contributed by atoms with Crippen LogP contribution >= 0.6 is 11.3 Å². The van der Waals surface area contributed by atoms with E-state index in [-0.39, 0.29) is 0 Å². The topological polar surface area (TPSA) is 12.0 Å². The lowest BCUT2D eigenvalue weighted by Gasteiger charge is -2.46. The van der Waals surface area contributed by atoms with E-state index in [4.69, 9.17) is 0 Å². The van der Waals surface area contributed by atoms with Gasteiger partial charge in [0.05, 0.1) is 0 Å². The largest absolute Gasteiger partial charge is 0.313 e. The van der Waals surface area contributed by atoms with Crippen molar-refractivity contribution in [3.63, 3.8) is 0 Å². The summed E-state index contributed by atoms with van der Waals surface area (Å²) in [5, 5.41) is 5.91. The van der Waals surface area contributed by atoms with E-state index in [0.29, 0.717) is 6.04 Å². The Morgan fingerprint density at radius 3 is 2.11 bits per heavy atom. The van der Waals surface area contributed by atoms with Crippen LogP contribution in [0.1, 0.15) is 55.0 Å². The summed E-state index contributed by atoms with van der Waals surface area (Å²) in [6.07, 6.45) is 8.83. The Balaban J connectivity index is 1.84. The van der Waals surface area contributed by atoms with Crippen LogP contribution in [-0.2, 0) is 0 Å².